The number of aromatic nitrogens is 4. The van der Waals surface area contributed by atoms with E-state index < -0.39 is 0 Å². The summed E-state index contributed by atoms with van der Waals surface area (Å²) >= 11 is 0. The summed E-state index contributed by atoms with van der Waals surface area (Å²) in [5.74, 6) is 0.603. The highest BCUT2D eigenvalue weighted by atomic mass is 16.5. The van der Waals surface area contributed by atoms with Crippen molar-refractivity contribution in [3.63, 3.8) is 0 Å². The van der Waals surface area contributed by atoms with Crippen molar-refractivity contribution in [2.45, 2.75) is 20.4 Å². The number of aryl methyl sites for hydroxylation is 3. The maximum Gasteiger partial charge on any atom is 0.261 e. The third-order valence-corrected chi connectivity index (χ3v) is 3.42. The van der Waals surface area contributed by atoms with Gasteiger partial charge in [0.05, 0.1) is 24.7 Å². The smallest absolute Gasteiger partial charge is 0.261 e. The van der Waals surface area contributed by atoms with Crippen molar-refractivity contribution in [3.8, 4) is 0 Å². The van der Waals surface area contributed by atoms with Crippen LogP contribution in [-0.4, -0.2) is 38.5 Å². The first kappa shape index (κ1) is 13.3. The number of hydrogen-bond donors (Lipinski definition) is 1. The average Bonchev–Trinajstić information content (AvgIpc) is 2.96. The molecule has 8 heteroatoms. The summed E-state index contributed by atoms with van der Waals surface area (Å²) in [7, 11) is 3.28. The maximum absolute atomic E-state index is 12.4. The van der Waals surface area contributed by atoms with Gasteiger partial charge in [0.15, 0.2) is 5.82 Å². The predicted molar refractivity (Wildman–Crippen MR) is 77.0 cm³/mol. The van der Waals surface area contributed by atoms with Crippen molar-refractivity contribution in [1.29, 1.82) is 0 Å². The minimum atomic E-state index is -0.253. The number of hydrogen-bond acceptors (Lipinski definition) is 5. The molecular formula is C13H16N6O2. The van der Waals surface area contributed by atoms with E-state index in [1.165, 1.54) is 6.20 Å². The summed E-state index contributed by atoms with van der Waals surface area (Å²) in [5, 5.41) is 11.4. The molecule has 0 saturated carbocycles. The second-order valence-electron chi connectivity index (χ2n) is 4.71. The van der Waals surface area contributed by atoms with E-state index in [-0.39, 0.29) is 5.91 Å². The van der Waals surface area contributed by atoms with Gasteiger partial charge in [0.1, 0.15) is 11.3 Å². The molecule has 21 heavy (non-hydrogen) atoms. The van der Waals surface area contributed by atoms with Crippen LogP contribution >= 0.6 is 0 Å². The second kappa shape index (κ2) is 4.72. The third-order valence-electron chi connectivity index (χ3n) is 3.42. The van der Waals surface area contributed by atoms with Gasteiger partial charge < -0.3 is 10.1 Å². The highest BCUT2D eigenvalue weighted by Crippen LogP contribution is 2.29. The molecule has 110 valence electrons. The first-order valence-electron chi connectivity index (χ1n) is 6.60. The fraction of sp³-hybridized carbons (Fsp3) is 0.385. The third kappa shape index (κ3) is 1.91. The minimum absolute atomic E-state index is 0.253. The molecule has 0 bridgehead atoms. The Morgan fingerprint density at radius 3 is 2.86 bits per heavy atom. The van der Waals surface area contributed by atoms with Crippen LogP contribution < -0.4 is 5.32 Å². The molecule has 0 unspecified atom stereocenters. The number of carbonyl (C=O) groups excluding carboxylic acids is 1. The molecule has 2 aromatic rings. The Morgan fingerprint density at radius 2 is 2.19 bits per heavy atom. The van der Waals surface area contributed by atoms with Crippen LogP contribution in [0.2, 0.25) is 0 Å². The quantitative estimate of drug-likeness (QED) is 0.855. The lowest BCUT2D eigenvalue weighted by Crippen LogP contribution is -2.20. The summed E-state index contributed by atoms with van der Waals surface area (Å²) in [6.07, 6.45) is 1.49. The largest absolute Gasteiger partial charge is 0.479 e. The lowest BCUT2D eigenvalue weighted by molar-refractivity contribution is 0.102. The Kier molecular flexibility index (Phi) is 3.00. The Morgan fingerprint density at radius 1 is 1.43 bits per heavy atom. The van der Waals surface area contributed by atoms with Crippen molar-refractivity contribution in [1.82, 2.24) is 19.6 Å². The zero-order valence-corrected chi connectivity index (χ0v) is 12.3. The number of carbonyl (C=O) groups is 1. The Hall–Kier alpha value is -2.64. The molecule has 0 aliphatic carbocycles. The van der Waals surface area contributed by atoms with Gasteiger partial charge in [-0.2, -0.15) is 15.2 Å². The lowest BCUT2D eigenvalue weighted by atomic mass is 10.2. The molecule has 0 radical (unpaired) electrons. The molecular weight excluding hydrogens is 272 g/mol. The van der Waals surface area contributed by atoms with Crippen LogP contribution in [0.15, 0.2) is 11.2 Å². The van der Waals surface area contributed by atoms with Gasteiger partial charge in [-0.05, 0) is 13.8 Å². The maximum atomic E-state index is 12.4. The van der Waals surface area contributed by atoms with E-state index in [2.05, 4.69) is 20.5 Å². The van der Waals surface area contributed by atoms with Gasteiger partial charge in [-0.25, -0.2) is 0 Å². The molecule has 3 rings (SSSR count). The summed E-state index contributed by atoms with van der Waals surface area (Å²) in [6, 6.07) is 0. The number of methoxy groups -OCH3 is 1. The fourth-order valence-electron chi connectivity index (χ4n) is 2.37. The zero-order chi connectivity index (χ0) is 15.1. The topological polar surface area (TPSA) is 86.3 Å². The number of rotatable bonds is 1. The van der Waals surface area contributed by atoms with Crippen LogP contribution in [0.25, 0.3) is 0 Å². The van der Waals surface area contributed by atoms with Crippen molar-refractivity contribution in [2.75, 3.05) is 12.4 Å². The first-order chi connectivity index (χ1) is 10.1. The van der Waals surface area contributed by atoms with Gasteiger partial charge in [0.25, 0.3) is 5.91 Å². The Balaban J connectivity index is 2.32. The highest BCUT2D eigenvalue weighted by molar-refractivity contribution is 6.13. The van der Waals surface area contributed by atoms with Gasteiger partial charge in [-0.3, -0.25) is 14.2 Å². The number of ether oxygens (including phenoxy) is 1. The van der Waals surface area contributed by atoms with Crippen LogP contribution in [0, 0.1) is 6.92 Å². The van der Waals surface area contributed by atoms with Crippen LogP contribution in [0.3, 0.4) is 0 Å². The number of nitrogens with zero attached hydrogens (tertiary/aromatic N) is 5. The van der Waals surface area contributed by atoms with E-state index in [9.17, 15) is 4.79 Å². The predicted octanol–water partition coefficient (Wildman–Crippen LogP) is 1.24. The van der Waals surface area contributed by atoms with Crippen LogP contribution in [0.1, 0.15) is 28.7 Å². The molecule has 0 atom stereocenters. The van der Waals surface area contributed by atoms with Gasteiger partial charge in [-0.1, -0.05) is 0 Å². The van der Waals surface area contributed by atoms with Gasteiger partial charge in [-0.15, -0.1) is 0 Å². The molecule has 2 aromatic heterocycles. The van der Waals surface area contributed by atoms with Crippen LogP contribution in [-0.2, 0) is 18.3 Å². The summed E-state index contributed by atoms with van der Waals surface area (Å²) < 4.78 is 8.72. The molecule has 1 amide bonds. The van der Waals surface area contributed by atoms with E-state index >= 15 is 0 Å². The molecule has 0 saturated heterocycles. The second-order valence-corrected chi connectivity index (χ2v) is 4.71. The van der Waals surface area contributed by atoms with E-state index in [1.807, 2.05) is 13.8 Å². The molecule has 1 aliphatic heterocycles. The first-order valence-corrected chi connectivity index (χ1v) is 6.60. The van der Waals surface area contributed by atoms with Gasteiger partial charge >= 0.3 is 0 Å². The molecule has 0 fully saturated rings. The zero-order valence-electron chi connectivity index (χ0n) is 12.3. The average molecular weight is 288 g/mol. The van der Waals surface area contributed by atoms with E-state index in [4.69, 9.17) is 4.74 Å². The number of fused-ring (bicyclic) bond motifs is 2. The number of aliphatic imine (C=N–C) groups is 1. The van der Waals surface area contributed by atoms with Crippen LogP contribution in [0.4, 0.5) is 11.5 Å². The molecule has 1 aliphatic rings. The van der Waals surface area contributed by atoms with Crippen molar-refractivity contribution < 1.29 is 9.53 Å². The number of amides is 1. The summed E-state index contributed by atoms with van der Waals surface area (Å²) in [6.45, 7) is 4.45. The summed E-state index contributed by atoms with van der Waals surface area (Å²) in [5.41, 5.74) is 2.41. The van der Waals surface area contributed by atoms with Crippen LogP contribution in [0.5, 0.6) is 0 Å². The minimum Gasteiger partial charge on any atom is -0.479 e. The van der Waals surface area contributed by atoms with Crippen molar-refractivity contribution in [3.05, 3.63) is 23.1 Å². The van der Waals surface area contributed by atoms with Crippen molar-refractivity contribution in [2.24, 2.45) is 12.0 Å². The monoisotopic (exact) mass is 288 g/mol. The summed E-state index contributed by atoms with van der Waals surface area (Å²) in [4.78, 5) is 16.8. The molecule has 1 N–H and O–H groups in total. The fourth-order valence-corrected chi connectivity index (χ4v) is 2.37. The molecule has 8 nitrogen and oxygen atoms in total. The van der Waals surface area contributed by atoms with E-state index in [0.29, 0.717) is 35.2 Å². The normalized spacial score (nSPS) is 16.2. The molecule has 0 aromatic carbocycles. The molecule has 0 spiro atoms. The van der Waals surface area contributed by atoms with Crippen molar-refractivity contribution >= 4 is 23.3 Å². The highest BCUT2D eigenvalue weighted by Gasteiger charge is 2.28. The van der Waals surface area contributed by atoms with Gasteiger partial charge in [0, 0.05) is 13.6 Å². The number of anilines is 1. The molecule has 3 heterocycles. The Bertz CT molecular complexity index is 755. The Labute approximate surface area is 121 Å². The van der Waals surface area contributed by atoms with Gasteiger partial charge in [0.2, 0.25) is 5.90 Å². The van der Waals surface area contributed by atoms with E-state index in [1.54, 1.807) is 23.5 Å². The SMILES string of the molecule is CCn1nc(C)c2c1/C(OC)=N\c1c(cnn1C)C(=O)N2. The lowest BCUT2D eigenvalue weighted by Gasteiger charge is -2.14. The number of nitrogens with one attached hydrogen (secondary N) is 1. The standard InChI is InChI=1S/C13H16N6O2/c1-5-19-10-9(7(2)17-19)15-12(20)8-6-14-18(3)11(8)16-13(10)21-4/h6H,5H2,1-4H3,(H,15,20). The van der Waals surface area contributed by atoms with E-state index in [0.717, 1.165) is 5.69 Å².